The van der Waals surface area contributed by atoms with Gasteiger partial charge in [0.15, 0.2) is 11.5 Å². The van der Waals surface area contributed by atoms with Gasteiger partial charge in [-0.25, -0.2) is 0 Å². The van der Waals surface area contributed by atoms with E-state index >= 15 is 0 Å². The van der Waals surface area contributed by atoms with Crippen LogP contribution in [0.3, 0.4) is 0 Å². The highest BCUT2D eigenvalue weighted by Crippen LogP contribution is 2.32. The van der Waals surface area contributed by atoms with Crippen LogP contribution in [0.25, 0.3) is 0 Å². The molecule has 20 heavy (non-hydrogen) atoms. The van der Waals surface area contributed by atoms with Crippen LogP contribution in [-0.2, 0) is 6.42 Å². The Morgan fingerprint density at radius 3 is 3.00 bits per heavy atom. The number of rotatable bonds is 4. The first-order valence-electron chi connectivity index (χ1n) is 6.40. The van der Waals surface area contributed by atoms with E-state index in [1.165, 1.54) is 0 Å². The van der Waals surface area contributed by atoms with E-state index < -0.39 is 0 Å². The van der Waals surface area contributed by atoms with Crippen molar-refractivity contribution in [3.05, 3.63) is 53.9 Å². The number of hydrogen-bond donors (Lipinski definition) is 1. The summed E-state index contributed by atoms with van der Waals surface area (Å²) in [6.45, 7) is 0.778. The van der Waals surface area contributed by atoms with Gasteiger partial charge in [0.1, 0.15) is 0 Å². The van der Waals surface area contributed by atoms with Crippen LogP contribution in [-0.4, -0.2) is 24.2 Å². The van der Waals surface area contributed by atoms with E-state index in [1.807, 2.05) is 12.1 Å². The monoisotopic (exact) mass is 270 g/mol. The Kier molecular flexibility index (Phi) is 3.50. The van der Waals surface area contributed by atoms with Crippen LogP contribution in [0.2, 0.25) is 0 Å². The third kappa shape index (κ3) is 2.71. The molecule has 5 heteroatoms. The van der Waals surface area contributed by atoms with E-state index in [9.17, 15) is 4.79 Å². The summed E-state index contributed by atoms with van der Waals surface area (Å²) in [6.07, 6.45) is 4.28. The molecule has 0 bridgehead atoms. The molecule has 2 aromatic rings. The van der Waals surface area contributed by atoms with Crippen molar-refractivity contribution in [3.8, 4) is 11.5 Å². The molecular formula is C15H14N2O3. The Bertz CT molecular complexity index is 614. The lowest BCUT2D eigenvalue weighted by molar-refractivity contribution is 0.0953. The maximum atomic E-state index is 12.0. The Balaban J connectivity index is 1.57. The Morgan fingerprint density at radius 2 is 2.15 bits per heavy atom. The smallest absolute Gasteiger partial charge is 0.251 e. The molecule has 0 saturated carbocycles. The minimum atomic E-state index is -0.118. The normalized spacial score (nSPS) is 12.2. The molecule has 2 heterocycles. The third-order valence-electron chi connectivity index (χ3n) is 3.06. The number of carbonyl (C=O) groups excluding carboxylic acids is 1. The summed E-state index contributed by atoms with van der Waals surface area (Å²) < 4.78 is 10.5. The zero-order valence-electron chi connectivity index (χ0n) is 10.8. The van der Waals surface area contributed by atoms with Crippen molar-refractivity contribution in [1.29, 1.82) is 0 Å². The lowest BCUT2D eigenvalue weighted by atomic mass is 10.1. The highest BCUT2D eigenvalue weighted by atomic mass is 16.7. The van der Waals surface area contributed by atoms with Crippen LogP contribution < -0.4 is 14.8 Å². The molecule has 1 aliphatic heterocycles. The Labute approximate surface area is 116 Å². The quantitative estimate of drug-likeness (QED) is 0.920. The summed E-state index contributed by atoms with van der Waals surface area (Å²) in [7, 11) is 0. The van der Waals surface area contributed by atoms with Gasteiger partial charge in [0, 0.05) is 24.5 Å². The average Bonchev–Trinajstić information content (AvgIpc) is 2.95. The molecule has 0 aliphatic carbocycles. The fourth-order valence-corrected chi connectivity index (χ4v) is 2.01. The summed E-state index contributed by atoms with van der Waals surface area (Å²) in [5.41, 5.74) is 1.67. The molecule has 5 nitrogen and oxygen atoms in total. The van der Waals surface area contributed by atoms with E-state index in [4.69, 9.17) is 9.47 Å². The second kappa shape index (κ2) is 5.61. The SMILES string of the molecule is O=C(NCCc1cccnc1)c1ccc2c(c1)OCO2. The van der Waals surface area contributed by atoms with E-state index in [0.717, 1.165) is 12.0 Å². The van der Waals surface area contributed by atoms with E-state index in [2.05, 4.69) is 10.3 Å². The van der Waals surface area contributed by atoms with Crippen molar-refractivity contribution < 1.29 is 14.3 Å². The average molecular weight is 270 g/mol. The van der Waals surface area contributed by atoms with Gasteiger partial charge < -0.3 is 14.8 Å². The van der Waals surface area contributed by atoms with E-state index in [0.29, 0.717) is 23.6 Å². The molecule has 0 spiro atoms. The molecule has 1 aliphatic rings. The number of aromatic nitrogens is 1. The molecule has 0 radical (unpaired) electrons. The van der Waals surface area contributed by atoms with Gasteiger partial charge in [-0.1, -0.05) is 6.07 Å². The molecule has 0 atom stereocenters. The number of ether oxygens (including phenoxy) is 2. The van der Waals surface area contributed by atoms with Gasteiger partial charge in [0.2, 0.25) is 6.79 Å². The predicted molar refractivity (Wildman–Crippen MR) is 72.8 cm³/mol. The Morgan fingerprint density at radius 1 is 1.25 bits per heavy atom. The molecule has 1 aromatic heterocycles. The summed E-state index contributed by atoms with van der Waals surface area (Å²) >= 11 is 0. The zero-order valence-corrected chi connectivity index (χ0v) is 10.8. The van der Waals surface area contributed by atoms with Gasteiger partial charge in [-0.15, -0.1) is 0 Å². The van der Waals surface area contributed by atoms with Crippen molar-refractivity contribution in [2.45, 2.75) is 6.42 Å². The first-order valence-corrected chi connectivity index (χ1v) is 6.40. The van der Waals surface area contributed by atoms with Crippen molar-refractivity contribution in [1.82, 2.24) is 10.3 Å². The number of hydrogen-bond acceptors (Lipinski definition) is 4. The molecule has 1 amide bonds. The molecule has 1 aromatic carbocycles. The number of pyridine rings is 1. The van der Waals surface area contributed by atoms with Gasteiger partial charge in [-0.05, 0) is 36.2 Å². The van der Waals surface area contributed by atoms with Crippen LogP contribution in [0.1, 0.15) is 15.9 Å². The van der Waals surface area contributed by atoms with Gasteiger partial charge >= 0.3 is 0 Å². The molecule has 1 N–H and O–H groups in total. The lowest BCUT2D eigenvalue weighted by Crippen LogP contribution is -2.25. The maximum absolute atomic E-state index is 12.0. The zero-order chi connectivity index (χ0) is 13.8. The van der Waals surface area contributed by atoms with Crippen LogP contribution >= 0.6 is 0 Å². The maximum Gasteiger partial charge on any atom is 0.251 e. The second-order valence-electron chi connectivity index (χ2n) is 4.44. The molecule has 0 fully saturated rings. The van der Waals surface area contributed by atoms with Crippen LogP contribution in [0.4, 0.5) is 0 Å². The summed E-state index contributed by atoms with van der Waals surface area (Å²) in [4.78, 5) is 16.0. The van der Waals surface area contributed by atoms with E-state index in [1.54, 1.807) is 30.6 Å². The minimum absolute atomic E-state index is 0.118. The minimum Gasteiger partial charge on any atom is -0.454 e. The standard InChI is InChI=1S/C15H14N2O3/c18-15(17-7-5-11-2-1-6-16-9-11)12-3-4-13-14(8-12)20-10-19-13/h1-4,6,8-9H,5,7,10H2,(H,17,18). The number of carbonyl (C=O) groups is 1. The number of nitrogens with one attached hydrogen (secondary N) is 1. The fourth-order valence-electron chi connectivity index (χ4n) is 2.01. The topological polar surface area (TPSA) is 60.5 Å². The number of amides is 1. The fraction of sp³-hybridized carbons (Fsp3) is 0.200. The number of nitrogens with zero attached hydrogens (tertiary/aromatic N) is 1. The Hall–Kier alpha value is -2.56. The van der Waals surface area contributed by atoms with Gasteiger partial charge in [-0.3, -0.25) is 9.78 Å². The van der Waals surface area contributed by atoms with Crippen molar-refractivity contribution in [2.24, 2.45) is 0 Å². The van der Waals surface area contributed by atoms with Crippen molar-refractivity contribution in [2.75, 3.05) is 13.3 Å². The van der Waals surface area contributed by atoms with Crippen molar-refractivity contribution >= 4 is 5.91 Å². The van der Waals surface area contributed by atoms with Gasteiger partial charge in [0.05, 0.1) is 0 Å². The summed E-state index contributed by atoms with van der Waals surface area (Å²) in [5.74, 6) is 1.18. The van der Waals surface area contributed by atoms with Crippen LogP contribution in [0.5, 0.6) is 11.5 Å². The summed E-state index contributed by atoms with van der Waals surface area (Å²) in [6, 6.07) is 9.04. The first kappa shape index (κ1) is 12.5. The first-order chi connectivity index (χ1) is 9.83. The van der Waals surface area contributed by atoms with Crippen molar-refractivity contribution in [3.63, 3.8) is 0 Å². The molecule has 0 saturated heterocycles. The van der Waals surface area contributed by atoms with Gasteiger partial charge in [-0.2, -0.15) is 0 Å². The number of benzene rings is 1. The highest BCUT2D eigenvalue weighted by Gasteiger charge is 2.15. The highest BCUT2D eigenvalue weighted by molar-refractivity contribution is 5.94. The lowest BCUT2D eigenvalue weighted by Gasteiger charge is -2.06. The van der Waals surface area contributed by atoms with Crippen LogP contribution in [0.15, 0.2) is 42.7 Å². The molecular weight excluding hydrogens is 256 g/mol. The largest absolute Gasteiger partial charge is 0.454 e. The van der Waals surface area contributed by atoms with E-state index in [-0.39, 0.29) is 12.7 Å². The van der Waals surface area contributed by atoms with Gasteiger partial charge in [0.25, 0.3) is 5.91 Å². The summed E-state index contributed by atoms with van der Waals surface area (Å²) in [5, 5.41) is 2.88. The number of fused-ring (bicyclic) bond motifs is 1. The second-order valence-corrected chi connectivity index (χ2v) is 4.44. The van der Waals surface area contributed by atoms with Crippen LogP contribution in [0, 0.1) is 0 Å². The predicted octanol–water partition coefficient (Wildman–Crippen LogP) is 1.78. The molecule has 3 rings (SSSR count). The molecule has 102 valence electrons. The molecule has 0 unspecified atom stereocenters. The third-order valence-corrected chi connectivity index (χ3v) is 3.06.